The summed E-state index contributed by atoms with van der Waals surface area (Å²) in [5, 5.41) is 0. The summed E-state index contributed by atoms with van der Waals surface area (Å²) < 4.78 is 0. The summed E-state index contributed by atoms with van der Waals surface area (Å²) in [6, 6.07) is 0. The standard InChI is InChI=1S/2S2.2Sb.2H/c2*1-2;;;;/q2*-2;2*+2;;. The molecule has 0 spiro atoms. The second-order valence-electron chi connectivity index (χ2n) is 0.500. The van der Waals surface area contributed by atoms with Crippen LogP contribution in [0.4, 0.5) is 0 Å². The molecule has 1 fully saturated rings. The van der Waals surface area contributed by atoms with Crippen molar-refractivity contribution in [3.63, 3.8) is 0 Å². The predicted molar refractivity (Wildman–Crippen MR) is 44.7 cm³/mol. The molecule has 0 saturated carbocycles. The average Bonchev–Trinajstić information content (AvgIpc) is 1.72. The van der Waals surface area contributed by atoms with Crippen molar-refractivity contribution < 1.29 is 0 Å². The third-order valence-electron chi connectivity index (χ3n) is 0.219. The summed E-state index contributed by atoms with van der Waals surface area (Å²) in [6.07, 6.45) is 0. The van der Waals surface area contributed by atoms with Crippen molar-refractivity contribution in [1.82, 2.24) is 0 Å². The van der Waals surface area contributed by atoms with Gasteiger partial charge in [-0.15, -0.1) is 0 Å². The molecule has 0 aromatic heterocycles. The zero-order valence-electron chi connectivity index (χ0n) is 2.63. The van der Waals surface area contributed by atoms with E-state index >= 15 is 0 Å². The minimum atomic E-state index is 0.0881. The Morgan fingerprint density at radius 2 is 1.00 bits per heavy atom. The van der Waals surface area contributed by atoms with Crippen LogP contribution >= 0.6 is 31.5 Å². The second-order valence-corrected chi connectivity index (χ2v) is 30.2. The van der Waals surface area contributed by atoms with Crippen molar-refractivity contribution >= 4 is 69.2 Å². The third kappa shape index (κ3) is 3.14. The Morgan fingerprint density at radius 3 is 1.17 bits per heavy atom. The van der Waals surface area contributed by atoms with Crippen LogP contribution in [0.3, 0.4) is 0 Å². The zero-order valence-corrected chi connectivity index (χ0v) is 11.6. The molecular weight excluding hydrogens is 372 g/mol. The molecule has 0 aliphatic carbocycles. The van der Waals surface area contributed by atoms with E-state index in [-0.39, 0.29) is 37.6 Å². The van der Waals surface area contributed by atoms with E-state index in [0.717, 1.165) is 0 Å². The molecule has 1 aliphatic heterocycles. The average molecular weight is 374 g/mol. The normalized spacial score (nSPS) is 24.0. The van der Waals surface area contributed by atoms with E-state index in [2.05, 4.69) is 31.5 Å². The Kier molecular flexibility index (Phi) is 5.80. The molecule has 1 rings (SSSR count). The molecule has 0 N–H and O–H groups in total. The van der Waals surface area contributed by atoms with E-state index in [1.165, 1.54) is 0 Å². The van der Waals surface area contributed by atoms with Gasteiger partial charge < -0.3 is 0 Å². The molecule has 36 valence electrons. The van der Waals surface area contributed by atoms with Crippen molar-refractivity contribution in [1.29, 1.82) is 0 Å². The Balaban J connectivity index is 2.00. The molecule has 6 heavy (non-hydrogen) atoms. The van der Waals surface area contributed by atoms with E-state index in [1.54, 1.807) is 0 Å². The maximum atomic E-state index is 2.20. The van der Waals surface area contributed by atoms with E-state index in [1.807, 2.05) is 0 Å². The van der Waals surface area contributed by atoms with Crippen molar-refractivity contribution in [2.75, 3.05) is 0 Å². The summed E-state index contributed by atoms with van der Waals surface area (Å²) in [5.41, 5.74) is 0. The molecule has 0 nitrogen and oxygen atoms in total. The molecule has 0 aromatic rings. The van der Waals surface area contributed by atoms with E-state index < -0.39 is 0 Å². The van der Waals surface area contributed by atoms with Gasteiger partial charge in [0.1, 0.15) is 0 Å². The summed E-state index contributed by atoms with van der Waals surface area (Å²) >= 11 is 0.176. The van der Waals surface area contributed by atoms with Gasteiger partial charge in [-0.25, -0.2) is 0 Å². The molecule has 0 bridgehead atoms. The summed E-state index contributed by atoms with van der Waals surface area (Å²) in [7, 11) is 8.80. The van der Waals surface area contributed by atoms with Gasteiger partial charge in [-0.05, 0) is 0 Å². The Labute approximate surface area is 67.6 Å². The molecule has 0 unspecified atom stereocenters. The van der Waals surface area contributed by atoms with Gasteiger partial charge in [-0.3, -0.25) is 0 Å². The van der Waals surface area contributed by atoms with Gasteiger partial charge in [0, 0.05) is 0 Å². The second kappa shape index (κ2) is 4.87. The molecule has 0 aromatic carbocycles. The van der Waals surface area contributed by atoms with E-state index in [0.29, 0.717) is 0 Å². The van der Waals surface area contributed by atoms with Crippen LogP contribution in [-0.4, -0.2) is 37.6 Å². The summed E-state index contributed by atoms with van der Waals surface area (Å²) in [5.74, 6) is 0. The van der Waals surface area contributed by atoms with E-state index in [4.69, 9.17) is 0 Å². The van der Waals surface area contributed by atoms with Gasteiger partial charge >= 0.3 is 69.2 Å². The quantitative estimate of drug-likeness (QED) is 0.463. The van der Waals surface area contributed by atoms with Crippen LogP contribution in [0.2, 0.25) is 0 Å². The van der Waals surface area contributed by atoms with Crippen LogP contribution in [0, 0.1) is 0 Å². The van der Waals surface area contributed by atoms with Crippen molar-refractivity contribution in [3.05, 3.63) is 0 Å². The van der Waals surface area contributed by atoms with Crippen LogP contribution in [0.25, 0.3) is 0 Å². The fourth-order valence-electron chi connectivity index (χ4n) is 0.0958. The van der Waals surface area contributed by atoms with Crippen LogP contribution in [-0.2, 0) is 0 Å². The molecule has 0 atom stereocenters. The number of rotatable bonds is 0. The van der Waals surface area contributed by atoms with Gasteiger partial charge in [-0.1, -0.05) is 0 Å². The first kappa shape index (κ1) is 7.15. The van der Waals surface area contributed by atoms with Gasteiger partial charge in [0.25, 0.3) is 0 Å². The topological polar surface area (TPSA) is 0 Å². The molecule has 1 heterocycles. The van der Waals surface area contributed by atoms with Crippen LogP contribution in [0.1, 0.15) is 0 Å². The first-order valence-electron chi connectivity index (χ1n) is 1.15. The first-order chi connectivity index (χ1) is 3.00. The maximum absolute atomic E-state index is 2.20. The Bertz CT molecular complexity index is 21.0. The molecule has 6 heteroatoms. The molecule has 1 saturated heterocycles. The van der Waals surface area contributed by atoms with Crippen LogP contribution in [0.5, 0.6) is 0 Å². The molecule has 0 amide bonds. The van der Waals surface area contributed by atoms with Gasteiger partial charge in [0.15, 0.2) is 0 Å². The van der Waals surface area contributed by atoms with Gasteiger partial charge in [-0.2, -0.15) is 0 Å². The Hall–Kier alpha value is 3.04. The van der Waals surface area contributed by atoms with Crippen LogP contribution < -0.4 is 0 Å². The number of hydrogen-bond acceptors (Lipinski definition) is 4. The van der Waals surface area contributed by atoms with Gasteiger partial charge in [0.2, 0.25) is 0 Å². The third-order valence-corrected chi connectivity index (χ3v) is 58.4. The van der Waals surface area contributed by atoms with Crippen molar-refractivity contribution in [2.24, 2.45) is 0 Å². The van der Waals surface area contributed by atoms with Crippen LogP contribution in [0.15, 0.2) is 0 Å². The molecule has 0 radical (unpaired) electrons. The zero-order chi connectivity index (χ0) is 4.24. The SMILES string of the molecule is [S]1[S][SbH][S][S][SbH]1. The van der Waals surface area contributed by atoms with Crippen molar-refractivity contribution in [2.45, 2.75) is 0 Å². The minimum absolute atomic E-state index is 0.0881. The summed E-state index contributed by atoms with van der Waals surface area (Å²) in [6.45, 7) is 0. The Morgan fingerprint density at radius 1 is 0.667 bits per heavy atom. The summed E-state index contributed by atoms with van der Waals surface area (Å²) in [4.78, 5) is 0. The van der Waals surface area contributed by atoms with Crippen molar-refractivity contribution in [3.8, 4) is 0 Å². The molecular formula is H2S4Sb2. The predicted octanol–water partition coefficient (Wildman–Crippen LogP) is 1.30. The first-order valence-corrected chi connectivity index (χ1v) is 19.4. The van der Waals surface area contributed by atoms with Gasteiger partial charge in [0.05, 0.1) is 0 Å². The number of hydrogen-bond donors (Lipinski definition) is 0. The monoisotopic (exact) mass is 372 g/mol. The van der Waals surface area contributed by atoms with E-state index in [9.17, 15) is 0 Å². The fourth-order valence-corrected chi connectivity index (χ4v) is 97.8. The molecule has 1 aliphatic rings. The fraction of sp³-hybridized carbons (Fsp3) is 0.